The first kappa shape index (κ1) is 16.9. The second kappa shape index (κ2) is 6.51. The summed E-state index contributed by atoms with van der Waals surface area (Å²) in [5.74, 6) is 2.13. The molecule has 0 radical (unpaired) electrons. The van der Waals surface area contributed by atoms with Crippen LogP contribution in [-0.2, 0) is 10.1 Å². The third-order valence-corrected chi connectivity index (χ3v) is 7.09. The first-order chi connectivity index (χ1) is 10.8. The van der Waals surface area contributed by atoms with Gasteiger partial charge < -0.3 is 4.42 Å². The standard InChI is InChI=1S/C16H26N2O4S/c1-10-3-5-12(6-4-10)13-7-8-14(15(9-13)23(19,20)21)16-18-17-11(2)22-16/h10,12-15H,3-9H2,1-2H3,(H,19,20,21). The van der Waals surface area contributed by atoms with Gasteiger partial charge >= 0.3 is 0 Å². The summed E-state index contributed by atoms with van der Waals surface area (Å²) >= 11 is 0. The van der Waals surface area contributed by atoms with Crippen molar-refractivity contribution in [1.29, 1.82) is 0 Å². The molecule has 0 spiro atoms. The number of aromatic nitrogens is 2. The van der Waals surface area contributed by atoms with Gasteiger partial charge in [0.25, 0.3) is 10.1 Å². The highest BCUT2D eigenvalue weighted by molar-refractivity contribution is 7.86. The number of nitrogens with zero attached hydrogens (tertiary/aromatic N) is 2. The Bertz CT molecular complexity index is 634. The zero-order chi connectivity index (χ0) is 16.6. The largest absolute Gasteiger partial charge is 0.425 e. The molecule has 130 valence electrons. The summed E-state index contributed by atoms with van der Waals surface area (Å²) in [6.07, 6.45) is 6.96. The molecule has 6 nitrogen and oxygen atoms in total. The molecule has 0 bridgehead atoms. The van der Waals surface area contributed by atoms with Crippen molar-refractivity contribution < 1.29 is 17.4 Å². The molecule has 2 fully saturated rings. The Balaban J connectivity index is 1.76. The van der Waals surface area contributed by atoms with E-state index in [1.54, 1.807) is 6.92 Å². The Labute approximate surface area is 137 Å². The van der Waals surface area contributed by atoms with Gasteiger partial charge in [0.1, 0.15) is 0 Å². The molecule has 2 saturated carbocycles. The summed E-state index contributed by atoms with van der Waals surface area (Å²) in [4.78, 5) is 0. The minimum absolute atomic E-state index is 0.348. The van der Waals surface area contributed by atoms with Crippen LogP contribution in [0.5, 0.6) is 0 Å². The van der Waals surface area contributed by atoms with Gasteiger partial charge in [-0.25, -0.2) is 0 Å². The molecule has 1 aromatic rings. The van der Waals surface area contributed by atoms with Crippen molar-refractivity contribution >= 4 is 10.1 Å². The van der Waals surface area contributed by atoms with Crippen molar-refractivity contribution in [2.45, 2.75) is 70.0 Å². The molecule has 3 atom stereocenters. The van der Waals surface area contributed by atoms with Gasteiger partial charge in [0, 0.05) is 6.92 Å². The van der Waals surface area contributed by atoms with E-state index in [0.29, 0.717) is 36.5 Å². The molecule has 1 heterocycles. The van der Waals surface area contributed by atoms with E-state index in [1.165, 1.54) is 25.7 Å². The molecule has 1 N–H and O–H groups in total. The van der Waals surface area contributed by atoms with Gasteiger partial charge in [-0.15, -0.1) is 10.2 Å². The minimum atomic E-state index is -4.12. The monoisotopic (exact) mass is 342 g/mol. The smallest absolute Gasteiger partial charge is 0.268 e. The van der Waals surface area contributed by atoms with E-state index >= 15 is 0 Å². The molecule has 3 unspecified atom stereocenters. The van der Waals surface area contributed by atoms with Gasteiger partial charge in [-0.05, 0) is 49.9 Å². The average molecular weight is 342 g/mol. The van der Waals surface area contributed by atoms with Gasteiger partial charge in [0.15, 0.2) is 0 Å². The Morgan fingerprint density at radius 1 is 1.04 bits per heavy atom. The SMILES string of the molecule is Cc1nnc(C2CCC(C3CCC(C)CC3)CC2S(=O)(=O)O)o1. The van der Waals surface area contributed by atoms with Gasteiger partial charge in [-0.1, -0.05) is 19.8 Å². The van der Waals surface area contributed by atoms with E-state index in [4.69, 9.17) is 4.42 Å². The number of aryl methyl sites for hydroxylation is 1. The quantitative estimate of drug-likeness (QED) is 0.847. The highest BCUT2D eigenvalue weighted by Crippen LogP contribution is 2.45. The van der Waals surface area contributed by atoms with E-state index in [1.807, 2.05) is 0 Å². The van der Waals surface area contributed by atoms with E-state index in [2.05, 4.69) is 17.1 Å². The zero-order valence-corrected chi connectivity index (χ0v) is 14.6. The first-order valence-corrected chi connectivity index (χ1v) is 10.1. The Morgan fingerprint density at radius 3 is 2.26 bits per heavy atom. The van der Waals surface area contributed by atoms with Crippen LogP contribution >= 0.6 is 0 Å². The molecule has 0 aliphatic heterocycles. The van der Waals surface area contributed by atoms with Crippen LogP contribution in [-0.4, -0.2) is 28.4 Å². The average Bonchev–Trinajstić information content (AvgIpc) is 2.93. The second-order valence-corrected chi connectivity index (χ2v) is 9.05. The third-order valence-electron chi connectivity index (χ3n) is 5.80. The fraction of sp³-hybridized carbons (Fsp3) is 0.875. The van der Waals surface area contributed by atoms with Crippen LogP contribution in [0.4, 0.5) is 0 Å². The predicted octanol–water partition coefficient (Wildman–Crippen LogP) is 3.34. The summed E-state index contributed by atoms with van der Waals surface area (Å²) in [6, 6.07) is 0. The molecule has 3 rings (SSSR count). The lowest BCUT2D eigenvalue weighted by molar-refractivity contribution is 0.159. The zero-order valence-electron chi connectivity index (χ0n) is 13.8. The van der Waals surface area contributed by atoms with Crippen LogP contribution in [0.25, 0.3) is 0 Å². The fourth-order valence-corrected chi connectivity index (χ4v) is 5.58. The molecular formula is C16H26N2O4S. The van der Waals surface area contributed by atoms with Crippen molar-refractivity contribution in [2.24, 2.45) is 17.8 Å². The molecule has 2 aliphatic rings. The van der Waals surface area contributed by atoms with Crippen molar-refractivity contribution in [1.82, 2.24) is 10.2 Å². The number of hydrogen-bond donors (Lipinski definition) is 1. The first-order valence-electron chi connectivity index (χ1n) is 8.61. The lowest BCUT2D eigenvalue weighted by atomic mass is 9.69. The van der Waals surface area contributed by atoms with E-state index in [0.717, 1.165) is 12.3 Å². The van der Waals surface area contributed by atoms with Gasteiger partial charge in [0.05, 0.1) is 11.2 Å². The molecular weight excluding hydrogens is 316 g/mol. The van der Waals surface area contributed by atoms with Crippen molar-refractivity contribution in [2.75, 3.05) is 0 Å². The lowest BCUT2D eigenvalue weighted by Gasteiger charge is -2.39. The van der Waals surface area contributed by atoms with Crippen LogP contribution in [0, 0.1) is 24.7 Å². The van der Waals surface area contributed by atoms with Crippen LogP contribution in [0.3, 0.4) is 0 Å². The Hall–Kier alpha value is -0.950. The summed E-state index contributed by atoms with van der Waals surface area (Å²) in [5, 5.41) is 6.97. The van der Waals surface area contributed by atoms with Gasteiger partial charge in [-0.2, -0.15) is 8.42 Å². The molecule has 0 amide bonds. The van der Waals surface area contributed by atoms with E-state index in [-0.39, 0.29) is 5.92 Å². The third kappa shape index (κ3) is 3.76. The Morgan fingerprint density at radius 2 is 1.70 bits per heavy atom. The maximum atomic E-state index is 11.9. The van der Waals surface area contributed by atoms with E-state index < -0.39 is 15.4 Å². The normalized spacial score (nSPS) is 36.0. The van der Waals surface area contributed by atoms with E-state index in [9.17, 15) is 13.0 Å². The summed E-state index contributed by atoms with van der Waals surface area (Å²) in [6.45, 7) is 3.97. The molecule has 23 heavy (non-hydrogen) atoms. The summed E-state index contributed by atoms with van der Waals surface area (Å²) in [5.41, 5.74) is 0. The van der Waals surface area contributed by atoms with Crippen molar-refractivity contribution in [3.63, 3.8) is 0 Å². The van der Waals surface area contributed by atoms with Gasteiger partial charge in [0.2, 0.25) is 11.8 Å². The van der Waals surface area contributed by atoms with Crippen LogP contribution < -0.4 is 0 Å². The summed E-state index contributed by atoms with van der Waals surface area (Å²) < 4.78 is 39.0. The second-order valence-electron chi connectivity index (χ2n) is 7.41. The molecule has 7 heteroatoms. The van der Waals surface area contributed by atoms with Crippen molar-refractivity contribution in [3.05, 3.63) is 11.8 Å². The Kier molecular flexibility index (Phi) is 4.78. The van der Waals surface area contributed by atoms with Gasteiger partial charge in [-0.3, -0.25) is 4.55 Å². The number of hydrogen-bond acceptors (Lipinski definition) is 5. The predicted molar refractivity (Wildman–Crippen MR) is 85.6 cm³/mol. The molecule has 2 aliphatic carbocycles. The highest BCUT2D eigenvalue weighted by Gasteiger charge is 2.43. The lowest BCUT2D eigenvalue weighted by Crippen LogP contribution is -2.37. The maximum Gasteiger partial charge on any atom is 0.268 e. The minimum Gasteiger partial charge on any atom is -0.425 e. The van der Waals surface area contributed by atoms with Crippen LogP contribution in [0.1, 0.15) is 69.6 Å². The topological polar surface area (TPSA) is 93.3 Å². The molecule has 0 saturated heterocycles. The summed E-state index contributed by atoms with van der Waals surface area (Å²) in [7, 11) is -4.12. The van der Waals surface area contributed by atoms with Crippen LogP contribution in [0.15, 0.2) is 4.42 Å². The number of rotatable bonds is 3. The molecule has 0 aromatic carbocycles. The maximum absolute atomic E-state index is 11.9. The highest BCUT2D eigenvalue weighted by atomic mass is 32.2. The fourth-order valence-electron chi connectivity index (χ4n) is 4.42. The van der Waals surface area contributed by atoms with Crippen molar-refractivity contribution in [3.8, 4) is 0 Å². The molecule has 1 aromatic heterocycles. The van der Waals surface area contributed by atoms with Crippen LogP contribution in [0.2, 0.25) is 0 Å².